The molecule has 0 saturated carbocycles. The van der Waals surface area contributed by atoms with Gasteiger partial charge < -0.3 is 20.1 Å². The summed E-state index contributed by atoms with van der Waals surface area (Å²) in [6, 6.07) is 9.33. The molecular weight excluding hydrogens is 244 g/mol. The van der Waals surface area contributed by atoms with Gasteiger partial charge in [0.25, 0.3) is 0 Å². The summed E-state index contributed by atoms with van der Waals surface area (Å²) in [5.41, 5.74) is 0.778. The summed E-state index contributed by atoms with van der Waals surface area (Å²) in [6.45, 7) is 4.12. The second-order valence-corrected chi connectivity index (χ2v) is 4.66. The van der Waals surface area contributed by atoms with Gasteiger partial charge in [-0.25, -0.2) is 0 Å². The topological polar surface area (TPSA) is 59.6 Å². The SMILES string of the molecule is CC1CNCC(COCC(=O)Nc2ccccc2)O1. The van der Waals surface area contributed by atoms with Crippen LogP contribution >= 0.6 is 0 Å². The molecule has 1 aliphatic heterocycles. The Morgan fingerprint density at radius 1 is 1.42 bits per heavy atom. The fourth-order valence-electron chi connectivity index (χ4n) is 1.97. The van der Waals surface area contributed by atoms with Gasteiger partial charge in [0.1, 0.15) is 6.61 Å². The molecule has 1 aromatic carbocycles. The second-order valence-electron chi connectivity index (χ2n) is 4.66. The van der Waals surface area contributed by atoms with E-state index in [2.05, 4.69) is 10.6 Å². The van der Waals surface area contributed by atoms with Crippen LogP contribution in [0, 0.1) is 0 Å². The quantitative estimate of drug-likeness (QED) is 0.833. The first-order chi connectivity index (χ1) is 9.24. The van der Waals surface area contributed by atoms with E-state index in [0.717, 1.165) is 18.8 Å². The summed E-state index contributed by atoms with van der Waals surface area (Å²) in [5.74, 6) is -0.150. The maximum Gasteiger partial charge on any atom is 0.250 e. The first kappa shape index (κ1) is 14.0. The lowest BCUT2D eigenvalue weighted by Crippen LogP contribution is -2.45. The predicted molar refractivity (Wildman–Crippen MR) is 73.1 cm³/mol. The van der Waals surface area contributed by atoms with Gasteiger partial charge in [-0.2, -0.15) is 0 Å². The minimum absolute atomic E-state index is 0.0216. The molecule has 2 unspecified atom stereocenters. The van der Waals surface area contributed by atoms with E-state index >= 15 is 0 Å². The number of ether oxygens (including phenoxy) is 2. The van der Waals surface area contributed by atoms with Crippen molar-refractivity contribution < 1.29 is 14.3 Å². The van der Waals surface area contributed by atoms with Crippen molar-refractivity contribution in [3.05, 3.63) is 30.3 Å². The van der Waals surface area contributed by atoms with Crippen molar-refractivity contribution in [1.29, 1.82) is 0 Å². The minimum Gasteiger partial charge on any atom is -0.370 e. The third-order valence-electron chi connectivity index (χ3n) is 2.82. The Morgan fingerprint density at radius 2 is 2.21 bits per heavy atom. The zero-order valence-corrected chi connectivity index (χ0v) is 11.1. The Balaban J connectivity index is 1.64. The van der Waals surface area contributed by atoms with Crippen molar-refractivity contribution in [3.63, 3.8) is 0 Å². The molecule has 0 spiro atoms. The van der Waals surface area contributed by atoms with Gasteiger partial charge >= 0.3 is 0 Å². The van der Waals surface area contributed by atoms with Crippen LogP contribution in [0.3, 0.4) is 0 Å². The Bertz CT molecular complexity index is 397. The zero-order valence-electron chi connectivity index (χ0n) is 11.1. The van der Waals surface area contributed by atoms with Gasteiger partial charge in [-0.15, -0.1) is 0 Å². The molecule has 0 bridgehead atoms. The monoisotopic (exact) mass is 264 g/mol. The number of para-hydroxylation sites is 1. The Morgan fingerprint density at radius 3 is 2.95 bits per heavy atom. The van der Waals surface area contributed by atoms with E-state index in [9.17, 15) is 4.79 Å². The largest absolute Gasteiger partial charge is 0.370 e. The highest BCUT2D eigenvalue weighted by Gasteiger charge is 2.18. The third kappa shape index (κ3) is 4.98. The Labute approximate surface area is 113 Å². The standard InChI is InChI=1S/C14H20N2O3/c1-11-7-15-8-13(19-11)9-18-10-14(17)16-12-5-3-2-4-6-12/h2-6,11,13,15H,7-10H2,1H3,(H,16,17). The molecule has 1 saturated heterocycles. The highest BCUT2D eigenvalue weighted by atomic mass is 16.5. The van der Waals surface area contributed by atoms with Crippen molar-refractivity contribution in [2.24, 2.45) is 0 Å². The summed E-state index contributed by atoms with van der Waals surface area (Å²) < 4.78 is 11.0. The molecule has 104 valence electrons. The molecule has 1 amide bonds. The number of anilines is 1. The number of carbonyl (C=O) groups is 1. The average molecular weight is 264 g/mol. The van der Waals surface area contributed by atoms with E-state index in [0.29, 0.717) is 6.61 Å². The maximum absolute atomic E-state index is 11.6. The normalized spacial score (nSPS) is 23.0. The molecule has 5 nitrogen and oxygen atoms in total. The van der Waals surface area contributed by atoms with Gasteiger partial charge in [0.2, 0.25) is 5.91 Å². The van der Waals surface area contributed by atoms with Crippen LogP contribution in [0.2, 0.25) is 0 Å². The molecule has 1 aliphatic rings. The number of hydrogen-bond donors (Lipinski definition) is 2. The van der Waals surface area contributed by atoms with Crippen molar-refractivity contribution in [2.45, 2.75) is 19.1 Å². The summed E-state index contributed by atoms with van der Waals surface area (Å²) in [5, 5.41) is 6.03. The molecule has 2 rings (SSSR count). The van der Waals surface area contributed by atoms with Crippen LogP contribution in [0.15, 0.2) is 30.3 Å². The Hall–Kier alpha value is -1.43. The van der Waals surface area contributed by atoms with Gasteiger partial charge in [0.05, 0.1) is 18.8 Å². The minimum atomic E-state index is -0.150. The smallest absolute Gasteiger partial charge is 0.250 e. The molecule has 2 N–H and O–H groups in total. The van der Waals surface area contributed by atoms with E-state index in [1.165, 1.54) is 0 Å². The van der Waals surface area contributed by atoms with Gasteiger partial charge in [-0.1, -0.05) is 18.2 Å². The van der Waals surface area contributed by atoms with Crippen LogP contribution in [0.4, 0.5) is 5.69 Å². The summed E-state index contributed by atoms with van der Waals surface area (Å²) in [7, 11) is 0. The fraction of sp³-hybridized carbons (Fsp3) is 0.500. The van der Waals surface area contributed by atoms with Crippen molar-refractivity contribution in [3.8, 4) is 0 Å². The fourth-order valence-corrected chi connectivity index (χ4v) is 1.97. The van der Waals surface area contributed by atoms with Crippen molar-refractivity contribution in [1.82, 2.24) is 5.32 Å². The average Bonchev–Trinajstić information content (AvgIpc) is 2.40. The van der Waals surface area contributed by atoms with Gasteiger partial charge in [0.15, 0.2) is 0 Å². The molecule has 0 aliphatic carbocycles. The summed E-state index contributed by atoms with van der Waals surface area (Å²) in [4.78, 5) is 11.6. The lowest BCUT2D eigenvalue weighted by molar-refractivity contribution is -0.123. The molecular formula is C14H20N2O3. The number of benzene rings is 1. The molecule has 0 aromatic heterocycles. The molecule has 1 fully saturated rings. The van der Waals surface area contributed by atoms with Crippen LogP contribution in [0.1, 0.15) is 6.92 Å². The number of hydrogen-bond acceptors (Lipinski definition) is 4. The van der Waals surface area contributed by atoms with E-state index in [-0.39, 0.29) is 24.7 Å². The maximum atomic E-state index is 11.6. The number of amides is 1. The number of carbonyl (C=O) groups excluding carboxylic acids is 1. The van der Waals surface area contributed by atoms with Crippen LogP contribution in [-0.4, -0.2) is 44.4 Å². The van der Waals surface area contributed by atoms with Crippen molar-refractivity contribution in [2.75, 3.05) is 31.6 Å². The molecule has 1 aromatic rings. The number of morpholine rings is 1. The summed E-state index contributed by atoms with van der Waals surface area (Å²) in [6.07, 6.45) is 0.216. The number of rotatable bonds is 5. The van der Waals surface area contributed by atoms with Crippen molar-refractivity contribution >= 4 is 11.6 Å². The van der Waals surface area contributed by atoms with Crippen LogP contribution in [0.5, 0.6) is 0 Å². The number of nitrogens with one attached hydrogen (secondary N) is 2. The lowest BCUT2D eigenvalue weighted by Gasteiger charge is -2.28. The highest BCUT2D eigenvalue weighted by molar-refractivity contribution is 5.91. The van der Waals surface area contributed by atoms with E-state index in [4.69, 9.17) is 9.47 Å². The summed E-state index contributed by atoms with van der Waals surface area (Å²) >= 11 is 0. The Kier molecular flexibility index (Phi) is 5.32. The first-order valence-corrected chi connectivity index (χ1v) is 6.53. The van der Waals surface area contributed by atoms with Gasteiger partial charge in [-0.3, -0.25) is 4.79 Å². The molecule has 19 heavy (non-hydrogen) atoms. The van der Waals surface area contributed by atoms with E-state index in [1.54, 1.807) is 0 Å². The van der Waals surface area contributed by atoms with Gasteiger partial charge in [-0.05, 0) is 19.1 Å². The first-order valence-electron chi connectivity index (χ1n) is 6.53. The van der Waals surface area contributed by atoms with Gasteiger partial charge in [0, 0.05) is 18.8 Å². The van der Waals surface area contributed by atoms with E-state index in [1.807, 2.05) is 37.3 Å². The zero-order chi connectivity index (χ0) is 13.5. The molecule has 5 heteroatoms. The van der Waals surface area contributed by atoms with Crippen LogP contribution in [-0.2, 0) is 14.3 Å². The molecule has 0 radical (unpaired) electrons. The van der Waals surface area contributed by atoms with E-state index < -0.39 is 0 Å². The van der Waals surface area contributed by atoms with Crippen LogP contribution in [0.25, 0.3) is 0 Å². The van der Waals surface area contributed by atoms with Crippen LogP contribution < -0.4 is 10.6 Å². The second kappa shape index (κ2) is 7.23. The molecule has 1 heterocycles. The third-order valence-corrected chi connectivity index (χ3v) is 2.82. The highest BCUT2D eigenvalue weighted by Crippen LogP contribution is 2.05. The predicted octanol–water partition coefficient (Wildman–Crippen LogP) is 1.02. The molecule has 2 atom stereocenters. The lowest BCUT2D eigenvalue weighted by atomic mass is 10.2.